The van der Waals surface area contributed by atoms with Crippen LogP contribution in [0.4, 0.5) is 4.39 Å². The first-order chi connectivity index (χ1) is 12.3. The molecule has 0 bridgehead atoms. The van der Waals surface area contributed by atoms with E-state index in [0.717, 1.165) is 30.5 Å². The second-order valence-corrected chi connectivity index (χ2v) is 8.41. The second-order valence-electron chi connectivity index (χ2n) is 6.29. The highest BCUT2D eigenvalue weighted by Crippen LogP contribution is 2.24. The predicted octanol–water partition coefficient (Wildman–Crippen LogP) is 3.41. The van der Waals surface area contributed by atoms with Crippen LogP contribution in [0, 0.1) is 5.82 Å². The van der Waals surface area contributed by atoms with Gasteiger partial charge in [0, 0.05) is 16.6 Å². The molecule has 138 valence electrons. The molecule has 0 aliphatic heterocycles. The Kier molecular flexibility index (Phi) is 5.32. The smallest absolute Gasteiger partial charge is 0.251 e. The number of hydrogen-bond acceptors (Lipinski definition) is 3. The van der Waals surface area contributed by atoms with E-state index in [1.807, 2.05) is 6.07 Å². The van der Waals surface area contributed by atoms with Crippen LogP contribution in [0.1, 0.15) is 41.7 Å². The summed E-state index contributed by atoms with van der Waals surface area (Å²) in [4.78, 5) is 11.9. The topological polar surface area (TPSA) is 75.3 Å². The van der Waals surface area contributed by atoms with Gasteiger partial charge in [-0.05, 0) is 55.7 Å². The quantitative estimate of drug-likeness (QED) is 0.785. The van der Waals surface area contributed by atoms with Crippen LogP contribution in [0.15, 0.2) is 47.4 Å². The van der Waals surface area contributed by atoms with Crippen molar-refractivity contribution in [2.24, 2.45) is 0 Å². The first-order valence-electron chi connectivity index (χ1n) is 8.14. The van der Waals surface area contributed by atoms with Gasteiger partial charge in [-0.2, -0.15) is 0 Å². The minimum absolute atomic E-state index is 0.0662. The van der Waals surface area contributed by atoms with Gasteiger partial charge >= 0.3 is 0 Å². The van der Waals surface area contributed by atoms with Crippen molar-refractivity contribution in [1.82, 2.24) is 10.0 Å². The molecule has 8 heteroatoms. The van der Waals surface area contributed by atoms with E-state index in [4.69, 9.17) is 11.6 Å². The third-order valence-corrected chi connectivity index (χ3v) is 5.85. The van der Waals surface area contributed by atoms with Crippen molar-refractivity contribution in [3.05, 3.63) is 64.4 Å². The fourth-order valence-electron chi connectivity index (χ4n) is 2.47. The van der Waals surface area contributed by atoms with E-state index in [1.165, 1.54) is 6.07 Å². The lowest BCUT2D eigenvalue weighted by atomic mass is 10.1. The molecule has 0 aromatic heterocycles. The summed E-state index contributed by atoms with van der Waals surface area (Å²) in [6, 6.07) is 9.83. The maximum Gasteiger partial charge on any atom is 0.251 e. The van der Waals surface area contributed by atoms with Gasteiger partial charge in [0.15, 0.2) is 0 Å². The molecule has 2 aromatic rings. The Bertz CT molecular complexity index is 945. The third kappa shape index (κ3) is 4.41. The number of sulfonamides is 1. The van der Waals surface area contributed by atoms with E-state index in [-0.39, 0.29) is 17.6 Å². The highest BCUT2D eigenvalue weighted by molar-refractivity contribution is 7.89. The molecule has 1 unspecified atom stereocenters. The van der Waals surface area contributed by atoms with Crippen LogP contribution in [0.3, 0.4) is 0 Å². The van der Waals surface area contributed by atoms with Gasteiger partial charge in [0.1, 0.15) is 10.7 Å². The highest BCUT2D eigenvalue weighted by atomic mass is 35.5. The molecule has 0 spiro atoms. The van der Waals surface area contributed by atoms with Crippen LogP contribution in [0.5, 0.6) is 0 Å². The van der Waals surface area contributed by atoms with E-state index in [2.05, 4.69) is 10.0 Å². The zero-order valence-electron chi connectivity index (χ0n) is 14.0. The molecule has 0 saturated heterocycles. The Hall–Kier alpha value is -1.96. The number of nitrogens with one attached hydrogen (secondary N) is 2. The van der Waals surface area contributed by atoms with Crippen LogP contribution in [0.25, 0.3) is 0 Å². The molecule has 1 amide bonds. The fraction of sp³-hybridized carbons (Fsp3) is 0.278. The van der Waals surface area contributed by atoms with Crippen LogP contribution in [0.2, 0.25) is 5.02 Å². The fourth-order valence-corrected chi connectivity index (χ4v) is 4.08. The standard InChI is InChI=1S/C18H18ClFN2O3S/c1-11(12-3-2-4-14(19)9-12)21-18(23)13-5-8-16(20)17(10-13)26(24,25)22-15-6-7-15/h2-5,8-11,15,22H,6-7H2,1H3,(H,21,23). The molecule has 5 nitrogen and oxygen atoms in total. The third-order valence-electron chi connectivity index (χ3n) is 4.08. The lowest BCUT2D eigenvalue weighted by Gasteiger charge is -2.15. The molecule has 1 fully saturated rings. The van der Waals surface area contributed by atoms with Crippen molar-refractivity contribution in [3.63, 3.8) is 0 Å². The summed E-state index contributed by atoms with van der Waals surface area (Å²) in [6.07, 6.45) is 1.47. The molecule has 2 N–H and O–H groups in total. The summed E-state index contributed by atoms with van der Waals surface area (Å²) in [5.74, 6) is -1.39. The predicted molar refractivity (Wildman–Crippen MR) is 97.1 cm³/mol. The second kappa shape index (κ2) is 7.34. The van der Waals surface area contributed by atoms with Crippen LogP contribution >= 0.6 is 11.6 Å². The average molecular weight is 397 g/mol. The minimum Gasteiger partial charge on any atom is -0.346 e. The lowest BCUT2D eigenvalue weighted by Crippen LogP contribution is -2.29. The molecule has 1 atom stereocenters. The number of halogens is 2. The van der Waals surface area contributed by atoms with Crippen LogP contribution in [-0.2, 0) is 10.0 Å². The molecule has 1 aliphatic carbocycles. The molecular weight excluding hydrogens is 379 g/mol. The molecule has 0 radical (unpaired) electrons. The Morgan fingerprint density at radius 3 is 2.62 bits per heavy atom. The van der Waals surface area contributed by atoms with Gasteiger partial charge in [-0.3, -0.25) is 4.79 Å². The molecule has 1 aliphatic rings. The number of carbonyl (C=O) groups excluding carboxylic acids is 1. The Labute approximate surface area is 156 Å². The van der Waals surface area contributed by atoms with E-state index >= 15 is 0 Å². The zero-order valence-corrected chi connectivity index (χ0v) is 15.6. The van der Waals surface area contributed by atoms with Gasteiger partial charge < -0.3 is 5.32 Å². The van der Waals surface area contributed by atoms with E-state index in [0.29, 0.717) is 5.02 Å². The van der Waals surface area contributed by atoms with Crippen molar-refractivity contribution in [3.8, 4) is 0 Å². The largest absolute Gasteiger partial charge is 0.346 e. The number of carbonyl (C=O) groups is 1. The van der Waals surface area contributed by atoms with Gasteiger partial charge in [0.05, 0.1) is 6.04 Å². The van der Waals surface area contributed by atoms with Gasteiger partial charge in [-0.15, -0.1) is 0 Å². The summed E-state index contributed by atoms with van der Waals surface area (Å²) in [5.41, 5.74) is 0.868. The summed E-state index contributed by atoms with van der Waals surface area (Å²) < 4.78 is 40.9. The Morgan fingerprint density at radius 2 is 1.96 bits per heavy atom. The van der Waals surface area contributed by atoms with Gasteiger partial charge in [-0.25, -0.2) is 17.5 Å². The van der Waals surface area contributed by atoms with Gasteiger partial charge in [0.25, 0.3) is 5.91 Å². The minimum atomic E-state index is -3.99. The number of hydrogen-bond donors (Lipinski definition) is 2. The zero-order chi connectivity index (χ0) is 18.9. The van der Waals surface area contributed by atoms with Crippen molar-refractivity contribution >= 4 is 27.5 Å². The number of amides is 1. The van der Waals surface area contributed by atoms with E-state index < -0.39 is 26.6 Å². The maximum atomic E-state index is 14.0. The molecule has 3 rings (SSSR count). The SMILES string of the molecule is CC(NC(=O)c1ccc(F)c(S(=O)(=O)NC2CC2)c1)c1cccc(Cl)c1. The summed E-state index contributed by atoms with van der Waals surface area (Å²) >= 11 is 5.95. The first kappa shape index (κ1) is 18.8. The molecular formula is C18H18ClFN2O3S. The number of rotatable bonds is 6. The van der Waals surface area contributed by atoms with Gasteiger partial charge in [0.2, 0.25) is 10.0 Å². The lowest BCUT2D eigenvalue weighted by molar-refractivity contribution is 0.0939. The van der Waals surface area contributed by atoms with Crippen molar-refractivity contribution in [2.75, 3.05) is 0 Å². The van der Waals surface area contributed by atoms with E-state index in [1.54, 1.807) is 25.1 Å². The average Bonchev–Trinajstić information content (AvgIpc) is 3.38. The van der Waals surface area contributed by atoms with E-state index in [9.17, 15) is 17.6 Å². The van der Waals surface area contributed by atoms with Crippen LogP contribution in [-0.4, -0.2) is 20.4 Å². The Balaban J connectivity index is 1.80. The molecule has 2 aromatic carbocycles. The van der Waals surface area contributed by atoms with Crippen molar-refractivity contribution in [1.29, 1.82) is 0 Å². The monoisotopic (exact) mass is 396 g/mol. The normalized spacial score (nSPS) is 15.5. The van der Waals surface area contributed by atoms with Crippen LogP contribution < -0.4 is 10.0 Å². The van der Waals surface area contributed by atoms with Crippen molar-refractivity contribution in [2.45, 2.75) is 36.7 Å². The summed E-state index contributed by atoms with van der Waals surface area (Å²) in [7, 11) is -3.99. The first-order valence-corrected chi connectivity index (χ1v) is 10.0. The maximum absolute atomic E-state index is 14.0. The Morgan fingerprint density at radius 1 is 1.23 bits per heavy atom. The summed E-state index contributed by atoms with van der Waals surface area (Å²) in [5, 5.41) is 3.30. The van der Waals surface area contributed by atoms with Gasteiger partial charge in [-0.1, -0.05) is 23.7 Å². The molecule has 0 heterocycles. The molecule has 1 saturated carbocycles. The van der Waals surface area contributed by atoms with Crippen molar-refractivity contribution < 1.29 is 17.6 Å². The summed E-state index contributed by atoms with van der Waals surface area (Å²) in [6.45, 7) is 1.78. The molecule has 26 heavy (non-hydrogen) atoms. The number of benzene rings is 2. The highest BCUT2D eigenvalue weighted by Gasteiger charge is 2.30.